The number of carboxylic acids is 1. The maximum atomic E-state index is 11.9. The van der Waals surface area contributed by atoms with E-state index >= 15 is 0 Å². The first-order valence-corrected chi connectivity index (χ1v) is 5.12. The van der Waals surface area contributed by atoms with Crippen LogP contribution < -0.4 is 0 Å². The highest BCUT2D eigenvalue weighted by molar-refractivity contribution is 5.83. The standard InChI is InChI=1S/C10H17NO4/c1-7(2)11(5-9(12)13)10(14)8-3-4-15-6-8/h7-8H,3-6H2,1-2H3,(H,12,13). The zero-order valence-electron chi connectivity index (χ0n) is 9.10. The van der Waals surface area contributed by atoms with Crippen LogP contribution in [0, 0.1) is 5.92 Å². The second-order valence-electron chi connectivity index (χ2n) is 4.01. The van der Waals surface area contributed by atoms with Crippen LogP contribution in [0.3, 0.4) is 0 Å². The fourth-order valence-corrected chi connectivity index (χ4v) is 1.62. The molecular weight excluding hydrogens is 198 g/mol. The normalized spacial score (nSPS) is 20.6. The van der Waals surface area contributed by atoms with Crippen LogP contribution in [0.15, 0.2) is 0 Å². The summed E-state index contributed by atoms with van der Waals surface area (Å²) in [5.74, 6) is -1.24. The minimum absolute atomic E-state index is 0.0887. The van der Waals surface area contributed by atoms with Crippen molar-refractivity contribution >= 4 is 11.9 Å². The lowest BCUT2D eigenvalue weighted by molar-refractivity contribution is -0.147. The van der Waals surface area contributed by atoms with Gasteiger partial charge in [0, 0.05) is 12.6 Å². The molecule has 1 N–H and O–H groups in total. The Bertz CT molecular complexity index is 246. The molecule has 5 nitrogen and oxygen atoms in total. The largest absolute Gasteiger partial charge is 0.480 e. The molecule has 0 radical (unpaired) electrons. The predicted molar refractivity (Wildman–Crippen MR) is 53.4 cm³/mol. The van der Waals surface area contributed by atoms with Gasteiger partial charge in [-0.1, -0.05) is 0 Å². The molecule has 1 aliphatic rings. The van der Waals surface area contributed by atoms with E-state index in [1.165, 1.54) is 4.90 Å². The second kappa shape index (κ2) is 5.11. The van der Waals surface area contributed by atoms with Gasteiger partial charge in [-0.3, -0.25) is 9.59 Å². The SMILES string of the molecule is CC(C)N(CC(=O)O)C(=O)C1CCOC1. The van der Waals surface area contributed by atoms with Gasteiger partial charge in [0.25, 0.3) is 0 Å². The van der Waals surface area contributed by atoms with Gasteiger partial charge in [-0.05, 0) is 20.3 Å². The lowest BCUT2D eigenvalue weighted by atomic mass is 10.1. The predicted octanol–water partition coefficient (Wildman–Crippen LogP) is 0.345. The highest BCUT2D eigenvalue weighted by Gasteiger charge is 2.30. The van der Waals surface area contributed by atoms with Gasteiger partial charge in [0.15, 0.2) is 0 Å². The van der Waals surface area contributed by atoms with Gasteiger partial charge in [0.1, 0.15) is 6.54 Å². The van der Waals surface area contributed by atoms with Crippen molar-refractivity contribution in [2.24, 2.45) is 5.92 Å². The highest BCUT2D eigenvalue weighted by Crippen LogP contribution is 2.16. The van der Waals surface area contributed by atoms with E-state index in [0.717, 1.165) is 0 Å². The number of carbonyl (C=O) groups is 2. The van der Waals surface area contributed by atoms with E-state index in [1.54, 1.807) is 0 Å². The molecule has 1 heterocycles. The molecule has 0 aromatic carbocycles. The van der Waals surface area contributed by atoms with Crippen molar-refractivity contribution in [1.29, 1.82) is 0 Å². The molecule has 1 rings (SSSR count). The molecule has 5 heteroatoms. The molecular formula is C10H17NO4. The molecule has 1 fully saturated rings. The van der Waals surface area contributed by atoms with Crippen molar-refractivity contribution in [3.63, 3.8) is 0 Å². The summed E-state index contributed by atoms with van der Waals surface area (Å²) in [5.41, 5.74) is 0. The summed E-state index contributed by atoms with van der Waals surface area (Å²) in [6.45, 7) is 4.41. The molecule has 1 saturated heterocycles. The summed E-state index contributed by atoms with van der Waals surface area (Å²) >= 11 is 0. The number of carboxylic acid groups (broad SMARTS) is 1. The first-order chi connectivity index (χ1) is 7.02. The summed E-state index contributed by atoms with van der Waals surface area (Å²) < 4.78 is 5.12. The number of aliphatic carboxylic acids is 1. The quantitative estimate of drug-likeness (QED) is 0.734. The molecule has 1 unspecified atom stereocenters. The van der Waals surface area contributed by atoms with Crippen LogP contribution in [0.25, 0.3) is 0 Å². The van der Waals surface area contributed by atoms with E-state index in [2.05, 4.69) is 0 Å². The van der Waals surface area contributed by atoms with Gasteiger partial charge < -0.3 is 14.7 Å². The Balaban J connectivity index is 2.61. The van der Waals surface area contributed by atoms with E-state index in [4.69, 9.17) is 9.84 Å². The minimum atomic E-state index is -0.976. The molecule has 15 heavy (non-hydrogen) atoms. The topological polar surface area (TPSA) is 66.8 Å². The first kappa shape index (κ1) is 12.0. The third-order valence-corrected chi connectivity index (χ3v) is 2.49. The second-order valence-corrected chi connectivity index (χ2v) is 4.01. The van der Waals surface area contributed by atoms with Gasteiger partial charge in [0.05, 0.1) is 12.5 Å². The Morgan fingerprint density at radius 3 is 2.60 bits per heavy atom. The van der Waals surface area contributed by atoms with Crippen molar-refractivity contribution in [3.8, 4) is 0 Å². The summed E-state index contributed by atoms with van der Waals surface area (Å²) in [4.78, 5) is 23.9. The van der Waals surface area contributed by atoms with Crippen molar-refractivity contribution in [2.45, 2.75) is 26.3 Å². The maximum absolute atomic E-state index is 11.9. The molecule has 0 aromatic heterocycles. The number of hydrogen-bond donors (Lipinski definition) is 1. The molecule has 0 spiro atoms. The number of nitrogens with zero attached hydrogens (tertiary/aromatic N) is 1. The maximum Gasteiger partial charge on any atom is 0.323 e. The number of carbonyl (C=O) groups excluding carboxylic acids is 1. The summed E-state index contributed by atoms with van der Waals surface area (Å²) in [7, 11) is 0. The van der Waals surface area contributed by atoms with Crippen LogP contribution in [-0.2, 0) is 14.3 Å². The summed E-state index contributed by atoms with van der Waals surface area (Å²) in [6.07, 6.45) is 0.696. The fraction of sp³-hybridized carbons (Fsp3) is 0.800. The first-order valence-electron chi connectivity index (χ1n) is 5.12. The van der Waals surface area contributed by atoms with Crippen LogP contribution in [0.4, 0.5) is 0 Å². The Kier molecular flexibility index (Phi) is 4.08. The average molecular weight is 215 g/mol. The molecule has 0 saturated carbocycles. The molecule has 1 aliphatic heterocycles. The van der Waals surface area contributed by atoms with Gasteiger partial charge in [-0.25, -0.2) is 0 Å². The van der Waals surface area contributed by atoms with E-state index in [0.29, 0.717) is 19.6 Å². The van der Waals surface area contributed by atoms with Crippen molar-refractivity contribution < 1.29 is 19.4 Å². The summed E-state index contributed by atoms with van der Waals surface area (Å²) in [6, 6.07) is -0.0887. The number of ether oxygens (including phenoxy) is 1. The van der Waals surface area contributed by atoms with Gasteiger partial charge in [0.2, 0.25) is 5.91 Å². The van der Waals surface area contributed by atoms with Gasteiger partial charge in [-0.2, -0.15) is 0 Å². The Morgan fingerprint density at radius 1 is 1.53 bits per heavy atom. The van der Waals surface area contributed by atoms with Crippen LogP contribution in [-0.4, -0.2) is 47.7 Å². The zero-order chi connectivity index (χ0) is 11.4. The average Bonchev–Trinajstić information content (AvgIpc) is 2.65. The molecule has 1 atom stereocenters. The third kappa shape index (κ3) is 3.20. The molecule has 1 amide bonds. The number of amides is 1. The summed E-state index contributed by atoms with van der Waals surface area (Å²) in [5, 5.41) is 8.70. The highest BCUT2D eigenvalue weighted by atomic mass is 16.5. The van der Waals surface area contributed by atoms with Crippen molar-refractivity contribution in [3.05, 3.63) is 0 Å². The smallest absolute Gasteiger partial charge is 0.323 e. The van der Waals surface area contributed by atoms with E-state index in [-0.39, 0.29) is 24.4 Å². The molecule has 0 aromatic rings. The number of rotatable bonds is 4. The Hall–Kier alpha value is -1.10. The van der Waals surface area contributed by atoms with Gasteiger partial charge >= 0.3 is 5.97 Å². The Morgan fingerprint density at radius 2 is 2.20 bits per heavy atom. The van der Waals surface area contributed by atoms with E-state index < -0.39 is 5.97 Å². The van der Waals surface area contributed by atoms with Crippen molar-refractivity contribution in [1.82, 2.24) is 4.90 Å². The fourth-order valence-electron chi connectivity index (χ4n) is 1.62. The van der Waals surface area contributed by atoms with E-state index in [9.17, 15) is 9.59 Å². The van der Waals surface area contributed by atoms with Gasteiger partial charge in [-0.15, -0.1) is 0 Å². The monoisotopic (exact) mass is 215 g/mol. The minimum Gasteiger partial charge on any atom is -0.480 e. The molecule has 0 bridgehead atoms. The lowest BCUT2D eigenvalue weighted by Crippen LogP contribution is -2.44. The zero-order valence-corrected chi connectivity index (χ0v) is 9.10. The third-order valence-electron chi connectivity index (χ3n) is 2.49. The molecule has 86 valence electrons. The lowest BCUT2D eigenvalue weighted by Gasteiger charge is -2.27. The van der Waals surface area contributed by atoms with Crippen LogP contribution in [0.5, 0.6) is 0 Å². The molecule has 0 aliphatic carbocycles. The van der Waals surface area contributed by atoms with Crippen LogP contribution in [0.1, 0.15) is 20.3 Å². The number of hydrogen-bond acceptors (Lipinski definition) is 3. The van der Waals surface area contributed by atoms with Crippen LogP contribution in [0.2, 0.25) is 0 Å². The van der Waals surface area contributed by atoms with Crippen LogP contribution >= 0.6 is 0 Å². The van der Waals surface area contributed by atoms with E-state index in [1.807, 2.05) is 13.8 Å². The van der Waals surface area contributed by atoms with Crippen molar-refractivity contribution in [2.75, 3.05) is 19.8 Å². The Labute approximate surface area is 89.0 Å².